The Bertz CT molecular complexity index is 1550. The van der Waals surface area contributed by atoms with E-state index >= 15 is 0 Å². The second-order valence-electron chi connectivity index (χ2n) is 9.64. The Labute approximate surface area is 238 Å². The van der Waals surface area contributed by atoms with E-state index in [2.05, 4.69) is 5.32 Å². The predicted octanol–water partition coefficient (Wildman–Crippen LogP) is 8.24. The van der Waals surface area contributed by atoms with Gasteiger partial charge in [0, 0.05) is 28.3 Å². The normalized spacial score (nSPS) is 13.3. The van der Waals surface area contributed by atoms with Crippen LogP contribution in [0.3, 0.4) is 0 Å². The molecule has 0 aliphatic heterocycles. The molecule has 0 aliphatic rings. The highest BCUT2D eigenvalue weighted by Gasteiger charge is 2.45. The second kappa shape index (κ2) is 11.9. The summed E-state index contributed by atoms with van der Waals surface area (Å²) in [6, 6.07) is 18.6. The van der Waals surface area contributed by atoms with Gasteiger partial charge in [-0.05, 0) is 29.2 Å². The van der Waals surface area contributed by atoms with Crippen molar-refractivity contribution in [1.82, 2.24) is 5.32 Å². The summed E-state index contributed by atoms with van der Waals surface area (Å²) in [5, 5.41) is 3.57. The number of ketones is 2. The van der Waals surface area contributed by atoms with E-state index in [4.69, 9.17) is 27.6 Å². The number of hydrogen-bond acceptors (Lipinski definition) is 4. The first-order valence-electron chi connectivity index (χ1n) is 12.3. The number of rotatable bonds is 9. The number of fused-ring (bicyclic) bond motifs is 1. The molecule has 0 spiro atoms. The minimum Gasteiger partial charge on any atom is -0.449 e. The maximum Gasteiger partial charge on any atom is 0.450 e. The number of carbonyl (C=O) groups excluding carboxylic acids is 3. The average Bonchev–Trinajstić information content (AvgIpc) is 3.30. The summed E-state index contributed by atoms with van der Waals surface area (Å²) in [7, 11) is 0. The Morgan fingerprint density at radius 1 is 0.925 bits per heavy atom. The summed E-state index contributed by atoms with van der Waals surface area (Å²) in [6.07, 6.45) is -5.82. The average molecular weight is 590 g/mol. The lowest BCUT2D eigenvalue weighted by atomic mass is 9.84. The van der Waals surface area contributed by atoms with Crippen LogP contribution in [-0.2, 0) is 9.59 Å². The fourth-order valence-electron chi connectivity index (χ4n) is 4.54. The van der Waals surface area contributed by atoms with E-state index in [0.717, 1.165) is 0 Å². The maximum atomic E-state index is 13.7. The molecule has 0 radical (unpaired) electrons. The van der Waals surface area contributed by atoms with Gasteiger partial charge in [-0.1, -0.05) is 97.7 Å². The quantitative estimate of drug-likeness (QED) is 0.213. The van der Waals surface area contributed by atoms with Gasteiger partial charge in [0.1, 0.15) is 6.04 Å². The molecule has 2 atom stereocenters. The number of hydrogen-bond donors (Lipinski definition) is 1. The van der Waals surface area contributed by atoms with Crippen molar-refractivity contribution in [1.29, 1.82) is 0 Å². The molecule has 0 fully saturated rings. The zero-order chi connectivity index (χ0) is 29.2. The van der Waals surface area contributed by atoms with E-state index in [9.17, 15) is 27.6 Å². The zero-order valence-electron chi connectivity index (χ0n) is 21.4. The number of nitrogens with one attached hydrogen (secondary N) is 1. The largest absolute Gasteiger partial charge is 0.450 e. The molecule has 1 heterocycles. The van der Waals surface area contributed by atoms with Crippen molar-refractivity contribution >= 4 is 51.6 Å². The van der Waals surface area contributed by atoms with E-state index in [-0.39, 0.29) is 16.4 Å². The fourth-order valence-corrected chi connectivity index (χ4v) is 5.08. The fraction of sp³-hybridized carbons (Fsp3) is 0.233. The summed E-state index contributed by atoms with van der Waals surface area (Å²) in [5.74, 6) is -6.07. The molecule has 10 heteroatoms. The standard InChI is InChI=1S/C30H24Cl2F3NO4/c1-16(2)20(28(38)30(33,34)35)15-23(37)25(18-11-7-4-8-12-18)36-29(39)27-24(17-9-5-3-6-10-17)21-13-19(31)14-22(32)26(21)40-27/h3-14,16,20,25H,15H2,1-2H3,(H,36,39)/t20-,25-/m0/s1. The minimum atomic E-state index is -5.10. The molecule has 40 heavy (non-hydrogen) atoms. The van der Waals surface area contributed by atoms with Crippen molar-refractivity contribution in [2.24, 2.45) is 11.8 Å². The Balaban J connectivity index is 1.76. The SMILES string of the molecule is CC(C)[C@H](CC(=O)[C@@H](NC(=O)c1oc2c(Cl)cc(Cl)cc2c1-c1ccccc1)c1ccccc1)C(=O)C(F)(F)F. The number of halogens is 5. The second-order valence-corrected chi connectivity index (χ2v) is 10.5. The topological polar surface area (TPSA) is 76.4 Å². The number of carbonyl (C=O) groups is 3. The molecule has 4 aromatic rings. The van der Waals surface area contributed by atoms with Crippen LogP contribution < -0.4 is 5.32 Å². The van der Waals surface area contributed by atoms with Crippen LogP contribution in [0.25, 0.3) is 22.1 Å². The Morgan fingerprint density at radius 3 is 2.10 bits per heavy atom. The predicted molar refractivity (Wildman–Crippen MR) is 147 cm³/mol. The Kier molecular flexibility index (Phi) is 8.71. The van der Waals surface area contributed by atoms with Crippen LogP contribution in [0, 0.1) is 11.8 Å². The van der Waals surface area contributed by atoms with Crippen molar-refractivity contribution < 1.29 is 32.0 Å². The van der Waals surface area contributed by atoms with E-state index in [1.54, 1.807) is 66.7 Å². The smallest absolute Gasteiger partial charge is 0.449 e. The first kappa shape index (κ1) is 29.4. The molecule has 3 aromatic carbocycles. The molecule has 0 unspecified atom stereocenters. The van der Waals surface area contributed by atoms with Crippen molar-refractivity contribution in [2.45, 2.75) is 32.5 Å². The van der Waals surface area contributed by atoms with Gasteiger partial charge in [0.05, 0.1) is 5.02 Å². The molecule has 0 saturated heterocycles. The van der Waals surface area contributed by atoms with Crippen LogP contribution in [0.15, 0.2) is 77.2 Å². The molecular formula is C30H24Cl2F3NO4. The Hall–Kier alpha value is -3.62. The highest BCUT2D eigenvalue weighted by Crippen LogP contribution is 2.40. The minimum absolute atomic E-state index is 0.161. The molecule has 5 nitrogen and oxygen atoms in total. The van der Waals surface area contributed by atoms with E-state index in [1.165, 1.54) is 19.9 Å². The molecule has 1 amide bonds. The highest BCUT2D eigenvalue weighted by molar-refractivity contribution is 6.38. The number of furan rings is 1. The van der Waals surface area contributed by atoms with Crippen LogP contribution in [0.4, 0.5) is 13.2 Å². The molecule has 4 rings (SSSR count). The summed E-state index contributed by atoms with van der Waals surface area (Å²) >= 11 is 12.6. The van der Waals surface area contributed by atoms with Crippen molar-refractivity contribution in [2.75, 3.05) is 0 Å². The van der Waals surface area contributed by atoms with Gasteiger partial charge in [0.15, 0.2) is 11.4 Å². The molecule has 0 saturated carbocycles. The third-order valence-corrected chi connectivity index (χ3v) is 7.05. The van der Waals surface area contributed by atoms with Gasteiger partial charge < -0.3 is 9.73 Å². The third-order valence-electron chi connectivity index (χ3n) is 6.55. The van der Waals surface area contributed by atoms with Crippen LogP contribution in [0.5, 0.6) is 0 Å². The number of amides is 1. The van der Waals surface area contributed by atoms with Crippen LogP contribution in [0.1, 0.15) is 42.4 Å². The molecule has 208 valence electrons. The van der Waals surface area contributed by atoms with E-state index in [1.807, 2.05) is 0 Å². The molecule has 1 aromatic heterocycles. The molecule has 0 aliphatic carbocycles. The van der Waals surface area contributed by atoms with Gasteiger partial charge in [-0.25, -0.2) is 0 Å². The van der Waals surface area contributed by atoms with Gasteiger partial charge in [-0.15, -0.1) is 0 Å². The first-order chi connectivity index (χ1) is 18.9. The van der Waals surface area contributed by atoms with Crippen molar-refractivity contribution in [3.63, 3.8) is 0 Å². The van der Waals surface area contributed by atoms with Crippen LogP contribution in [-0.4, -0.2) is 23.6 Å². The van der Waals surface area contributed by atoms with Gasteiger partial charge in [-0.3, -0.25) is 14.4 Å². The van der Waals surface area contributed by atoms with Gasteiger partial charge >= 0.3 is 6.18 Å². The highest BCUT2D eigenvalue weighted by atomic mass is 35.5. The molecule has 0 bridgehead atoms. The van der Waals surface area contributed by atoms with Crippen molar-refractivity contribution in [3.05, 3.63) is 94.2 Å². The number of alkyl halides is 3. The van der Waals surface area contributed by atoms with E-state index < -0.39 is 47.9 Å². The van der Waals surface area contributed by atoms with Crippen molar-refractivity contribution in [3.8, 4) is 11.1 Å². The first-order valence-corrected chi connectivity index (χ1v) is 13.1. The summed E-state index contributed by atoms with van der Waals surface area (Å²) in [4.78, 5) is 39.3. The lowest BCUT2D eigenvalue weighted by Gasteiger charge is -2.24. The van der Waals surface area contributed by atoms with Crippen LogP contribution in [0.2, 0.25) is 10.0 Å². The Morgan fingerprint density at radius 2 is 1.52 bits per heavy atom. The summed E-state index contributed by atoms with van der Waals surface area (Å²) < 4.78 is 45.7. The molecular weight excluding hydrogens is 566 g/mol. The maximum absolute atomic E-state index is 13.7. The monoisotopic (exact) mass is 589 g/mol. The summed E-state index contributed by atoms with van der Waals surface area (Å²) in [5.41, 5.74) is 1.53. The number of Topliss-reactive ketones (excluding diaryl/α,β-unsaturated/α-hetero) is 2. The number of benzene rings is 3. The summed E-state index contributed by atoms with van der Waals surface area (Å²) in [6.45, 7) is 2.88. The zero-order valence-corrected chi connectivity index (χ0v) is 22.9. The van der Waals surface area contributed by atoms with Crippen LogP contribution >= 0.6 is 23.2 Å². The lowest BCUT2D eigenvalue weighted by Crippen LogP contribution is -2.39. The van der Waals surface area contributed by atoms with Gasteiger partial charge in [-0.2, -0.15) is 13.2 Å². The van der Waals surface area contributed by atoms with Gasteiger partial charge in [0.2, 0.25) is 11.5 Å². The lowest BCUT2D eigenvalue weighted by molar-refractivity contribution is -0.177. The van der Waals surface area contributed by atoms with Gasteiger partial charge in [0.25, 0.3) is 5.91 Å². The third kappa shape index (κ3) is 6.24. The molecule has 1 N–H and O–H groups in total. The van der Waals surface area contributed by atoms with E-state index in [0.29, 0.717) is 27.1 Å².